The number of ether oxygens (including phenoxy) is 1. The van der Waals surface area contributed by atoms with E-state index in [9.17, 15) is 0 Å². The normalized spacial score (nSPS) is 26.7. The quantitative estimate of drug-likeness (QED) is 0.771. The molecule has 1 heterocycles. The molecule has 0 radical (unpaired) electrons. The summed E-state index contributed by atoms with van der Waals surface area (Å²) in [5.41, 5.74) is 6.11. The molecule has 19 heavy (non-hydrogen) atoms. The van der Waals surface area contributed by atoms with Gasteiger partial charge in [0.2, 0.25) is 0 Å². The molecule has 112 valence electrons. The van der Waals surface area contributed by atoms with Gasteiger partial charge in [-0.3, -0.25) is 4.90 Å². The summed E-state index contributed by atoms with van der Waals surface area (Å²) in [7, 11) is 0. The molecular weight excluding hydrogens is 236 g/mol. The van der Waals surface area contributed by atoms with Crippen LogP contribution in [0.25, 0.3) is 0 Å². The van der Waals surface area contributed by atoms with Crippen LogP contribution >= 0.6 is 0 Å². The minimum Gasteiger partial charge on any atom is -0.377 e. The fourth-order valence-electron chi connectivity index (χ4n) is 3.67. The Bertz CT molecular complexity index is 245. The molecule has 2 aliphatic rings. The first-order chi connectivity index (χ1) is 9.22. The Labute approximate surface area is 118 Å². The lowest BCUT2D eigenvalue weighted by Crippen LogP contribution is -2.52. The van der Waals surface area contributed by atoms with Crippen molar-refractivity contribution in [3.05, 3.63) is 0 Å². The van der Waals surface area contributed by atoms with E-state index in [2.05, 4.69) is 18.7 Å². The first-order valence-electron chi connectivity index (χ1n) is 8.29. The fraction of sp³-hybridized carbons (Fsp3) is 1.00. The largest absolute Gasteiger partial charge is 0.377 e. The summed E-state index contributed by atoms with van der Waals surface area (Å²) >= 11 is 0. The fourth-order valence-corrected chi connectivity index (χ4v) is 3.67. The zero-order chi connectivity index (χ0) is 13.7. The zero-order valence-corrected chi connectivity index (χ0v) is 12.8. The van der Waals surface area contributed by atoms with Crippen LogP contribution in [-0.2, 0) is 4.74 Å². The highest BCUT2D eigenvalue weighted by Crippen LogP contribution is 2.29. The van der Waals surface area contributed by atoms with E-state index in [4.69, 9.17) is 10.5 Å². The van der Waals surface area contributed by atoms with Crippen LogP contribution in [0.5, 0.6) is 0 Å². The van der Waals surface area contributed by atoms with Gasteiger partial charge in [0.05, 0.1) is 6.10 Å². The minimum absolute atomic E-state index is 0.387. The first-order valence-corrected chi connectivity index (χ1v) is 8.29. The molecule has 0 aromatic rings. The molecule has 2 atom stereocenters. The highest BCUT2D eigenvalue weighted by atomic mass is 16.5. The third-order valence-corrected chi connectivity index (χ3v) is 4.82. The average Bonchev–Trinajstić information content (AvgIpc) is 3.06. The third kappa shape index (κ3) is 4.17. The lowest BCUT2D eigenvalue weighted by Gasteiger charge is -2.39. The lowest BCUT2D eigenvalue weighted by molar-refractivity contribution is 0.00712. The predicted octanol–water partition coefficient (Wildman–Crippen LogP) is 2.78. The average molecular weight is 268 g/mol. The van der Waals surface area contributed by atoms with Crippen LogP contribution in [0.15, 0.2) is 0 Å². The van der Waals surface area contributed by atoms with Crippen molar-refractivity contribution in [3.8, 4) is 0 Å². The maximum absolute atomic E-state index is 6.11. The molecule has 2 fully saturated rings. The first kappa shape index (κ1) is 15.3. The van der Waals surface area contributed by atoms with Gasteiger partial charge >= 0.3 is 0 Å². The second-order valence-corrected chi connectivity index (χ2v) is 6.71. The zero-order valence-electron chi connectivity index (χ0n) is 12.8. The second-order valence-electron chi connectivity index (χ2n) is 6.71. The van der Waals surface area contributed by atoms with Crippen LogP contribution in [0.3, 0.4) is 0 Å². The van der Waals surface area contributed by atoms with Crippen molar-refractivity contribution in [2.75, 3.05) is 19.7 Å². The smallest absolute Gasteiger partial charge is 0.0743 e. The Kier molecular flexibility index (Phi) is 6.11. The van der Waals surface area contributed by atoms with E-state index >= 15 is 0 Å². The van der Waals surface area contributed by atoms with Gasteiger partial charge in [-0.2, -0.15) is 0 Å². The number of hydrogen-bond acceptors (Lipinski definition) is 3. The van der Waals surface area contributed by atoms with Gasteiger partial charge in [0.25, 0.3) is 0 Å². The van der Waals surface area contributed by atoms with Gasteiger partial charge in [0.15, 0.2) is 0 Å². The number of rotatable bonds is 7. The molecule has 1 saturated carbocycles. The molecule has 0 amide bonds. The summed E-state index contributed by atoms with van der Waals surface area (Å²) in [4.78, 5) is 2.71. The molecule has 0 aromatic heterocycles. The molecule has 2 unspecified atom stereocenters. The van der Waals surface area contributed by atoms with Crippen molar-refractivity contribution in [3.63, 3.8) is 0 Å². The van der Waals surface area contributed by atoms with E-state index in [1.807, 2.05) is 0 Å². The third-order valence-electron chi connectivity index (χ3n) is 4.82. The molecule has 2 rings (SSSR count). The molecule has 3 heteroatoms. The van der Waals surface area contributed by atoms with Gasteiger partial charge in [-0.15, -0.1) is 0 Å². The Morgan fingerprint density at radius 2 is 1.89 bits per heavy atom. The lowest BCUT2D eigenvalue weighted by atomic mass is 10.0. The number of nitrogens with two attached hydrogens (primary N) is 1. The molecule has 2 N–H and O–H groups in total. The van der Waals surface area contributed by atoms with E-state index in [0.29, 0.717) is 12.1 Å². The molecule has 0 spiro atoms. The van der Waals surface area contributed by atoms with Gasteiger partial charge < -0.3 is 10.5 Å². The molecule has 1 saturated heterocycles. The second kappa shape index (κ2) is 7.61. The molecule has 1 aliphatic heterocycles. The Hall–Kier alpha value is -0.120. The molecule has 0 bridgehead atoms. The maximum atomic E-state index is 6.11. The van der Waals surface area contributed by atoms with Gasteiger partial charge in [-0.1, -0.05) is 26.7 Å². The topological polar surface area (TPSA) is 38.5 Å². The van der Waals surface area contributed by atoms with Crippen molar-refractivity contribution in [1.82, 2.24) is 4.90 Å². The summed E-state index contributed by atoms with van der Waals surface area (Å²) in [6.45, 7) is 7.51. The van der Waals surface area contributed by atoms with Crippen molar-refractivity contribution in [2.24, 2.45) is 11.7 Å². The van der Waals surface area contributed by atoms with Gasteiger partial charge in [-0.05, 0) is 44.6 Å². The van der Waals surface area contributed by atoms with Crippen LogP contribution < -0.4 is 5.73 Å². The molecule has 0 aromatic carbocycles. The summed E-state index contributed by atoms with van der Waals surface area (Å²) in [5, 5.41) is 0. The summed E-state index contributed by atoms with van der Waals surface area (Å²) in [6, 6.07) is 1.21. The van der Waals surface area contributed by atoms with E-state index in [1.165, 1.54) is 51.5 Å². The summed E-state index contributed by atoms with van der Waals surface area (Å²) in [5.74, 6) is 0.770. The van der Waals surface area contributed by atoms with Crippen molar-refractivity contribution in [1.29, 1.82) is 0 Å². The van der Waals surface area contributed by atoms with Crippen LogP contribution in [0.4, 0.5) is 0 Å². The monoisotopic (exact) mass is 268 g/mol. The Morgan fingerprint density at radius 3 is 2.42 bits per heavy atom. The summed E-state index contributed by atoms with van der Waals surface area (Å²) in [6.07, 6.45) is 9.59. The predicted molar refractivity (Wildman–Crippen MR) is 80.2 cm³/mol. The van der Waals surface area contributed by atoms with Gasteiger partial charge in [-0.25, -0.2) is 0 Å². The van der Waals surface area contributed by atoms with Crippen molar-refractivity contribution in [2.45, 2.75) is 77.0 Å². The van der Waals surface area contributed by atoms with Crippen molar-refractivity contribution < 1.29 is 4.74 Å². The minimum atomic E-state index is 0.387. The van der Waals surface area contributed by atoms with Crippen LogP contribution in [0.2, 0.25) is 0 Å². The SMILES string of the molecule is CC(C)CCN(C1CCCC1)C(CN)C1CCCO1. The van der Waals surface area contributed by atoms with Crippen LogP contribution in [-0.4, -0.2) is 42.8 Å². The molecule has 3 nitrogen and oxygen atoms in total. The van der Waals surface area contributed by atoms with Crippen molar-refractivity contribution >= 4 is 0 Å². The van der Waals surface area contributed by atoms with Gasteiger partial charge in [0, 0.05) is 25.2 Å². The Balaban J connectivity index is 1.99. The number of nitrogens with zero attached hydrogens (tertiary/aromatic N) is 1. The van der Waals surface area contributed by atoms with E-state index in [1.54, 1.807) is 0 Å². The highest BCUT2D eigenvalue weighted by molar-refractivity contribution is 4.89. The standard InChI is InChI=1S/C16H32N2O/c1-13(2)9-10-18(14-6-3-4-7-14)15(12-17)16-8-5-11-19-16/h13-16H,3-12,17H2,1-2H3. The Morgan fingerprint density at radius 1 is 1.16 bits per heavy atom. The number of hydrogen-bond donors (Lipinski definition) is 1. The molecular formula is C16H32N2O. The maximum Gasteiger partial charge on any atom is 0.0743 e. The molecule has 1 aliphatic carbocycles. The summed E-state index contributed by atoms with van der Waals surface area (Å²) < 4.78 is 5.93. The van der Waals surface area contributed by atoms with Crippen LogP contribution in [0, 0.1) is 5.92 Å². The van der Waals surface area contributed by atoms with E-state index in [-0.39, 0.29) is 0 Å². The van der Waals surface area contributed by atoms with Crippen LogP contribution in [0.1, 0.15) is 58.8 Å². The van der Waals surface area contributed by atoms with E-state index in [0.717, 1.165) is 25.1 Å². The van der Waals surface area contributed by atoms with Gasteiger partial charge in [0.1, 0.15) is 0 Å². The highest BCUT2D eigenvalue weighted by Gasteiger charge is 2.34. The van der Waals surface area contributed by atoms with E-state index < -0.39 is 0 Å².